The van der Waals surface area contributed by atoms with Crippen LogP contribution in [0.15, 0.2) is 42.5 Å². The Labute approximate surface area is 121 Å². The van der Waals surface area contributed by atoms with Gasteiger partial charge >= 0.3 is 0 Å². The molecular formula is C18H21NO. The van der Waals surface area contributed by atoms with Crippen LogP contribution in [0.5, 0.6) is 5.75 Å². The van der Waals surface area contributed by atoms with Crippen LogP contribution in [0.1, 0.15) is 16.7 Å². The number of para-hydroxylation sites is 1. The molecule has 0 atom stereocenters. The predicted octanol–water partition coefficient (Wildman–Crippen LogP) is 3.74. The minimum absolute atomic E-state index is 0.733. The van der Waals surface area contributed by atoms with Crippen LogP contribution in [0.2, 0.25) is 0 Å². The first-order valence-corrected chi connectivity index (χ1v) is 7.27. The first-order valence-electron chi connectivity index (χ1n) is 7.27. The van der Waals surface area contributed by atoms with Crippen molar-refractivity contribution in [1.29, 1.82) is 0 Å². The number of hydrogen-bond acceptors (Lipinski definition) is 2. The Bertz CT molecular complexity index is 606. The normalized spacial score (nSPS) is 13.4. The number of nitrogens with zero attached hydrogens (tertiary/aromatic N) is 1. The van der Waals surface area contributed by atoms with Gasteiger partial charge in [0.25, 0.3) is 0 Å². The molecule has 0 aliphatic carbocycles. The molecular weight excluding hydrogens is 246 g/mol. The van der Waals surface area contributed by atoms with E-state index >= 15 is 0 Å². The lowest BCUT2D eigenvalue weighted by Gasteiger charge is -2.19. The summed E-state index contributed by atoms with van der Waals surface area (Å²) in [5.41, 5.74) is 5.43. The zero-order valence-electron chi connectivity index (χ0n) is 12.2. The van der Waals surface area contributed by atoms with Gasteiger partial charge in [0.1, 0.15) is 12.4 Å². The van der Waals surface area contributed by atoms with E-state index in [1.165, 1.54) is 22.4 Å². The molecule has 0 saturated heterocycles. The first-order chi connectivity index (χ1) is 9.74. The van der Waals surface area contributed by atoms with Crippen molar-refractivity contribution in [3.63, 3.8) is 0 Å². The zero-order chi connectivity index (χ0) is 13.9. The maximum Gasteiger partial charge on any atom is 0.119 e. The lowest BCUT2D eigenvalue weighted by atomic mass is 10.1. The molecule has 20 heavy (non-hydrogen) atoms. The Morgan fingerprint density at radius 1 is 1.05 bits per heavy atom. The highest BCUT2D eigenvalue weighted by atomic mass is 16.5. The van der Waals surface area contributed by atoms with E-state index in [4.69, 9.17) is 4.74 Å². The summed E-state index contributed by atoms with van der Waals surface area (Å²) in [5, 5.41) is 0. The third kappa shape index (κ3) is 2.64. The van der Waals surface area contributed by atoms with Gasteiger partial charge in [-0.1, -0.05) is 24.3 Å². The van der Waals surface area contributed by atoms with Gasteiger partial charge in [-0.2, -0.15) is 0 Å². The highest BCUT2D eigenvalue weighted by Gasteiger charge is 2.17. The number of rotatable bonds is 4. The molecule has 1 aliphatic heterocycles. The zero-order valence-corrected chi connectivity index (χ0v) is 12.2. The van der Waals surface area contributed by atoms with Gasteiger partial charge in [0.15, 0.2) is 0 Å². The minimum atomic E-state index is 0.733. The highest BCUT2D eigenvalue weighted by molar-refractivity contribution is 5.57. The molecule has 0 saturated carbocycles. The monoisotopic (exact) mass is 267 g/mol. The van der Waals surface area contributed by atoms with E-state index in [0.29, 0.717) is 0 Å². The van der Waals surface area contributed by atoms with E-state index < -0.39 is 0 Å². The maximum atomic E-state index is 5.88. The van der Waals surface area contributed by atoms with Gasteiger partial charge in [-0.3, -0.25) is 0 Å². The van der Waals surface area contributed by atoms with E-state index in [1.807, 2.05) is 0 Å². The molecule has 0 unspecified atom stereocenters. The van der Waals surface area contributed by atoms with Crippen LogP contribution < -0.4 is 9.64 Å². The van der Waals surface area contributed by atoms with Crippen LogP contribution in [-0.2, 0) is 6.42 Å². The quantitative estimate of drug-likeness (QED) is 0.836. The van der Waals surface area contributed by atoms with Gasteiger partial charge in [0.05, 0.1) is 6.54 Å². The van der Waals surface area contributed by atoms with Crippen molar-refractivity contribution >= 4 is 5.69 Å². The molecule has 3 rings (SSSR count). The van der Waals surface area contributed by atoms with Gasteiger partial charge in [0.2, 0.25) is 0 Å². The Morgan fingerprint density at radius 2 is 1.90 bits per heavy atom. The van der Waals surface area contributed by atoms with E-state index in [2.05, 4.69) is 61.2 Å². The molecule has 2 heteroatoms. The predicted molar refractivity (Wildman–Crippen MR) is 83.8 cm³/mol. The third-order valence-electron chi connectivity index (χ3n) is 4.09. The fraction of sp³-hybridized carbons (Fsp3) is 0.333. The van der Waals surface area contributed by atoms with E-state index in [0.717, 1.165) is 31.9 Å². The van der Waals surface area contributed by atoms with E-state index in [1.54, 1.807) is 0 Å². The first kappa shape index (κ1) is 13.0. The smallest absolute Gasteiger partial charge is 0.119 e. The van der Waals surface area contributed by atoms with E-state index in [9.17, 15) is 0 Å². The molecule has 1 aliphatic rings. The van der Waals surface area contributed by atoms with Crippen LogP contribution in [0.3, 0.4) is 0 Å². The Morgan fingerprint density at radius 3 is 2.75 bits per heavy atom. The lowest BCUT2D eigenvalue weighted by Crippen LogP contribution is -2.26. The van der Waals surface area contributed by atoms with Crippen LogP contribution in [-0.4, -0.2) is 19.7 Å². The van der Waals surface area contributed by atoms with Crippen LogP contribution in [0.25, 0.3) is 0 Å². The summed E-state index contributed by atoms with van der Waals surface area (Å²) in [4.78, 5) is 2.41. The van der Waals surface area contributed by atoms with E-state index in [-0.39, 0.29) is 0 Å². The molecule has 1 heterocycles. The lowest BCUT2D eigenvalue weighted by molar-refractivity contribution is 0.324. The fourth-order valence-electron chi connectivity index (χ4n) is 2.72. The number of aryl methyl sites for hydroxylation is 2. The second-order valence-corrected chi connectivity index (χ2v) is 5.46. The van der Waals surface area contributed by atoms with Crippen molar-refractivity contribution in [2.45, 2.75) is 20.3 Å². The van der Waals surface area contributed by atoms with Crippen LogP contribution in [0, 0.1) is 13.8 Å². The van der Waals surface area contributed by atoms with Crippen LogP contribution in [0.4, 0.5) is 5.69 Å². The molecule has 0 spiro atoms. The summed E-state index contributed by atoms with van der Waals surface area (Å²) in [6.07, 6.45) is 1.15. The van der Waals surface area contributed by atoms with Crippen molar-refractivity contribution in [1.82, 2.24) is 0 Å². The number of hydrogen-bond donors (Lipinski definition) is 0. The molecule has 0 bridgehead atoms. The van der Waals surface area contributed by atoms with Crippen molar-refractivity contribution in [3.05, 3.63) is 59.2 Å². The summed E-state index contributed by atoms with van der Waals surface area (Å²) in [5.74, 6) is 0.973. The Kier molecular flexibility index (Phi) is 3.64. The van der Waals surface area contributed by atoms with Crippen molar-refractivity contribution in [2.75, 3.05) is 24.6 Å². The minimum Gasteiger partial charge on any atom is -0.492 e. The number of fused-ring (bicyclic) bond motifs is 1. The maximum absolute atomic E-state index is 5.88. The molecule has 2 nitrogen and oxygen atoms in total. The number of anilines is 1. The van der Waals surface area contributed by atoms with Gasteiger partial charge in [0, 0.05) is 12.2 Å². The van der Waals surface area contributed by atoms with Crippen molar-refractivity contribution in [2.24, 2.45) is 0 Å². The largest absolute Gasteiger partial charge is 0.492 e. The number of ether oxygens (including phenoxy) is 1. The summed E-state index contributed by atoms with van der Waals surface area (Å²) < 4.78 is 5.88. The molecule has 2 aromatic carbocycles. The topological polar surface area (TPSA) is 12.5 Å². The second kappa shape index (κ2) is 5.58. The summed E-state index contributed by atoms with van der Waals surface area (Å²) in [7, 11) is 0. The third-order valence-corrected chi connectivity index (χ3v) is 4.09. The van der Waals surface area contributed by atoms with Crippen molar-refractivity contribution < 1.29 is 4.74 Å². The SMILES string of the molecule is Cc1ccc(OCCN2CCc3ccccc32)cc1C. The van der Waals surface area contributed by atoms with Crippen LogP contribution >= 0.6 is 0 Å². The molecule has 0 radical (unpaired) electrons. The van der Waals surface area contributed by atoms with Gasteiger partial charge in [-0.25, -0.2) is 0 Å². The second-order valence-electron chi connectivity index (χ2n) is 5.46. The average molecular weight is 267 g/mol. The summed E-state index contributed by atoms with van der Waals surface area (Å²) in [6.45, 7) is 7.04. The average Bonchev–Trinajstić information content (AvgIpc) is 2.86. The van der Waals surface area contributed by atoms with Gasteiger partial charge in [-0.05, 0) is 55.2 Å². The molecule has 0 N–H and O–H groups in total. The molecule has 104 valence electrons. The standard InChI is InChI=1S/C18H21NO/c1-14-7-8-17(13-15(14)2)20-12-11-19-10-9-16-5-3-4-6-18(16)19/h3-8,13H,9-12H2,1-2H3. The molecule has 0 aromatic heterocycles. The van der Waals surface area contributed by atoms with Crippen molar-refractivity contribution in [3.8, 4) is 5.75 Å². The fourth-order valence-corrected chi connectivity index (χ4v) is 2.72. The molecule has 0 amide bonds. The molecule has 0 fully saturated rings. The highest BCUT2D eigenvalue weighted by Crippen LogP contribution is 2.27. The summed E-state index contributed by atoms with van der Waals surface area (Å²) in [6, 6.07) is 15.0. The Balaban J connectivity index is 1.57. The number of benzene rings is 2. The Hall–Kier alpha value is -1.96. The van der Waals surface area contributed by atoms with Gasteiger partial charge < -0.3 is 9.64 Å². The van der Waals surface area contributed by atoms with Gasteiger partial charge in [-0.15, -0.1) is 0 Å². The summed E-state index contributed by atoms with van der Waals surface area (Å²) >= 11 is 0. The molecule has 2 aromatic rings.